The Morgan fingerprint density at radius 3 is 2.10 bits per heavy atom. The Hall–Kier alpha value is 0.127. The van der Waals surface area contributed by atoms with Gasteiger partial charge in [0.25, 0.3) is 0 Å². The third-order valence-electron chi connectivity index (χ3n) is 1.12. The van der Waals surface area contributed by atoms with Gasteiger partial charge in [0, 0.05) is 0 Å². The molecule has 0 bridgehead atoms. The van der Waals surface area contributed by atoms with Gasteiger partial charge in [-0.3, -0.25) is 0 Å². The van der Waals surface area contributed by atoms with Crippen LogP contribution in [-0.4, -0.2) is 4.55 Å². The summed E-state index contributed by atoms with van der Waals surface area (Å²) in [5.74, 6) is 0. The molecule has 0 aliphatic rings. The first-order valence-electron chi connectivity index (χ1n) is 2.69. The van der Waals surface area contributed by atoms with Gasteiger partial charge in [-0.25, -0.2) is 12.0 Å². The summed E-state index contributed by atoms with van der Waals surface area (Å²) in [6, 6.07) is 7.51. The van der Waals surface area contributed by atoms with Crippen LogP contribution in [-0.2, 0) is 0 Å². The molecule has 1 aromatic rings. The molecule has 1 aromatic carbocycles. The zero-order chi connectivity index (χ0) is 6.69. The molecular weight excluding hydrogens is 139 g/mol. The smallest absolute Gasteiger partial charge is 0.795 e. The molecule has 3 heteroatoms. The molecule has 0 heterocycles. The van der Waals surface area contributed by atoms with Gasteiger partial charge in [0.15, 0.2) is 0 Å². The molecule has 0 fully saturated rings. The van der Waals surface area contributed by atoms with Crippen LogP contribution in [0, 0.1) is 6.92 Å². The largest absolute Gasteiger partial charge is 1.00 e. The Balaban J connectivity index is 0.000000810. The van der Waals surface area contributed by atoms with Crippen LogP contribution < -0.4 is 18.9 Å². The standard InChI is InChI=1S/C7H8OS.Li/c1-6-2-4-7(9-8)5-3-6;/h2-5,8H,1H3;/q;+1/p-1. The van der Waals surface area contributed by atoms with Crippen molar-refractivity contribution in [1.29, 1.82) is 0 Å². The number of benzene rings is 1. The molecule has 0 saturated carbocycles. The summed E-state index contributed by atoms with van der Waals surface area (Å²) < 4.78 is 10.2. The minimum Gasteiger partial charge on any atom is -0.795 e. The summed E-state index contributed by atoms with van der Waals surface area (Å²) >= 11 is 0.527. The van der Waals surface area contributed by atoms with E-state index in [1.54, 1.807) is 0 Å². The molecule has 0 radical (unpaired) electrons. The van der Waals surface area contributed by atoms with Gasteiger partial charge < -0.3 is 4.55 Å². The molecule has 48 valence electrons. The van der Waals surface area contributed by atoms with Crippen molar-refractivity contribution in [2.75, 3.05) is 0 Å². The van der Waals surface area contributed by atoms with Gasteiger partial charge in [-0.15, -0.1) is 0 Å². The maximum absolute atomic E-state index is 10.2. The van der Waals surface area contributed by atoms with E-state index >= 15 is 0 Å². The average Bonchev–Trinajstić information content (AvgIpc) is 1.90. The summed E-state index contributed by atoms with van der Waals surface area (Å²) in [6.07, 6.45) is 0. The normalized spacial score (nSPS) is 8.60. The van der Waals surface area contributed by atoms with E-state index in [-0.39, 0.29) is 18.9 Å². The topological polar surface area (TPSA) is 23.1 Å². The van der Waals surface area contributed by atoms with Crippen molar-refractivity contribution in [2.24, 2.45) is 0 Å². The minimum atomic E-state index is 0. The fourth-order valence-corrected chi connectivity index (χ4v) is 0.841. The first-order chi connectivity index (χ1) is 4.33. The van der Waals surface area contributed by atoms with Crippen LogP contribution in [0.15, 0.2) is 29.2 Å². The summed E-state index contributed by atoms with van der Waals surface area (Å²) in [5.41, 5.74) is 1.19. The third kappa shape index (κ3) is 2.81. The molecule has 0 spiro atoms. The fourth-order valence-electron chi connectivity index (χ4n) is 0.594. The van der Waals surface area contributed by atoms with E-state index in [1.165, 1.54) is 5.56 Å². The molecule has 0 atom stereocenters. The molecule has 10 heavy (non-hydrogen) atoms. The molecule has 0 N–H and O–H groups in total. The summed E-state index contributed by atoms with van der Waals surface area (Å²) in [4.78, 5) is 0.778. The average molecular weight is 146 g/mol. The second-order valence-electron chi connectivity index (χ2n) is 1.90. The van der Waals surface area contributed by atoms with Crippen LogP contribution in [0.2, 0.25) is 0 Å². The number of rotatable bonds is 1. The molecule has 0 unspecified atom stereocenters. The van der Waals surface area contributed by atoms with Gasteiger partial charge in [-0.1, -0.05) is 17.7 Å². The molecule has 0 aromatic heterocycles. The van der Waals surface area contributed by atoms with Gasteiger partial charge in [0.2, 0.25) is 0 Å². The first kappa shape index (κ1) is 10.1. The Labute approximate surface area is 77.2 Å². The van der Waals surface area contributed by atoms with E-state index < -0.39 is 0 Å². The van der Waals surface area contributed by atoms with Crippen molar-refractivity contribution >= 4 is 12.0 Å². The number of hydrogen-bond acceptors (Lipinski definition) is 2. The van der Waals surface area contributed by atoms with Crippen molar-refractivity contribution < 1.29 is 23.4 Å². The fraction of sp³-hybridized carbons (Fsp3) is 0.143. The van der Waals surface area contributed by atoms with Crippen molar-refractivity contribution in [3.63, 3.8) is 0 Å². The first-order valence-corrected chi connectivity index (χ1v) is 3.43. The number of hydrogen-bond donors (Lipinski definition) is 0. The Bertz CT molecular complexity index is 185. The molecular formula is C7H7LiOS. The van der Waals surface area contributed by atoms with Crippen LogP contribution in [0.4, 0.5) is 0 Å². The van der Waals surface area contributed by atoms with Crippen LogP contribution >= 0.6 is 12.0 Å². The van der Waals surface area contributed by atoms with Gasteiger partial charge in [0.05, 0.1) is 0 Å². The van der Waals surface area contributed by atoms with Crippen LogP contribution in [0.5, 0.6) is 0 Å². The summed E-state index contributed by atoms with van der Waals surface area (Å²) in [7, 11) is 0. The van der Waals surface area contributed by atoms with Gasteiger partial charge >= 0.3 is 18.9 Å². The molecule has 0 saturated heterocycles. The van der Waals surface area contributed by atoms with E-state index in [4.69, 9.17) is 0 Å². The van der Waals surface area contributed by atoms with E-state index in [0.29, 0.717) is 12.0 Å². The van der Waals surface area contributed by atoms with Crippen LogP contribution in [0.1, 0.15) is 5.56 Å². The van der Waals surface area contributed by atoms with E-state index in [0.717, 1.165) is 4.90 Å². The zero-order valence-electron chi connectivity index (χ0n) is 6.13. The van der Waals surface area contributed by atoms with E-state index in [1.807, 2.05) is 31.2 Å². The monoisotopic (exact) mass is 146 g/mol. The molecule has 1 rings (SSSR count). The number of aryl methyl sites for hydroxylation is 1. The molecule has 0 aliphatic carbocycles. The van der Waals surface area contributed by atoms with Crippen molar-refractivity contribution in [3.8, 4) is 0 Å². The van der Waals surface area contributed by atoms with Crippen molar-refractivity contribution in [3.05, 3.63) is 29.8 Å². The zero-order valence-corrected chi connectivity index (χ0v) is 6.94. The van der Waals surface area contributed by atoms with E-state index in [9.17, 15) is 4.55 Å². The van der Waals surface area contributed by atoms with Crippen molar-refractivity contribution in [1.82, 2.24) is 0 Å². The quantitative estimate of drug-likeness (QED) is 0.383. The summed E-state index contributed by atoms with van der Waals surface area (Å²) in [6.45, 7) is 2.00. The second-order valence-corrected chi connectivity index (χ2v) is 2.53. The predicted octanol–water partition coefficient (Wildman–Crippen LogP) is -0.778. The van der Waals surface area contributed by atoms with Gasteiger partial charge in [-0.05, 0) is 24.0 Å². The molecule has 0 aliphatic heterocycles. The van der Waals surface area contributed by atoms with Gasteiger partial charge in [0.1, 0.15) is 0 Å². The Kier molecular flexibility index (Phi) is 4.93. The molecule has 1 nitrogen and oxygen atoms in total. The van der Waals surface area contributed by atoms with E-state index in [2.05, 4.69) is 0 Å². The minimum absolute atomic E-state index is 0. The van der Waals surface area contributed by atoms with Crippen LogP contribution in [0.3, 0.4) is 0 Å². The van der Waals surface area contributed by atoms with Crippen LogP contribution in [0.25, 0.3) is 0 Å². The predicted molar refractivity (Wildman–Crippen MR) is 37.8 cm³/mol. The maximum Gasteiger partial charge on any atom is 1.00 e. The SMILES string of the molecule is Cc1ccc(S[O-])cc1.[Li+]. The summed E-state index contributed by atoms with van der Waals surface area (Å²) in [5, 5.41) is 0. The molecule has 0 amide bonds. The van der Waals surface area contributed by atoms with Gasteiger partial charge in [-0.2, -0.15) is 0 Å². The van der Waals surface area contributed by atoms with Crippen molar-refractivity contribution in [2.45, 2.75) is 11.8 Å². The second kappa shape index (κ2) is 4.87. The maximum atomic E-state index is 10.2. The third-order valence-corrected chi connectivity index (χ3v) is 1.58. The Morgan fingerprint density at radius 2 is 1.70 bits per heavy atom. The Morgan fingerprint density at radius 1 is 1.20 bits per heavy atom.